The number of carbonyl (C=O) groups excluding carboxylic acids is 1. The molecular formula is C18H23N5O2. The second-order valence-corrected chi connectivity index (χ2v) is 6.89. The van der Waals surface area contributed by atoms with Crippen LogP contribution in [0.4, 0.5) is 0 Å². The van der Waals surface area contributed by atoms with Crippen LogP contribution >= 0.6 is 0 Å². The SMILES string of the molecule is CCO[C@@H]1C[C@@H](NC(=O)c2ccnc(-n3cncn3)c2)C12CCCC2. The van der Waals surface area contributed by atoms with Crippen LogP contribution in [0.15, 0.2) is 31.0 Å². The van der Waals surface area contributed by atoms with Gasteiger partial charge in [-0.1, -0.05) is 12.8 Å². The molecule has 2 heterocycles. The summed E-state index contributed by atoms with van der Waals surface area (Å²) in [7, 11) is 0. The van der Waals surface area contributed by atoms with Crippen molar-refractivity contribution < 1.29 is 9.53 Å². The molecule has 2 aromatic heterocycles. The highest BCUT2D eigenvalue weighted by Gasteiger charge is 2.57. The number of rotatable bonds is 5. The number of carbonyl (C=O) groups is 1. The molecule has 7 heteroatoms. The second kappa shape index (κ2) is 6.55. The maximum atomic E-state index is 12.7. The van der Waals surface area contributed by atoms with Gasteiger partial charge in [0, 0.05) is 29.8 Å². The van der Waals surface area contributed by atoms with Gasteiger partial charge in [0.15, 0.2) is 5.82 Å². The van der Waals surface area contributed by atoms with Gasteiger partial charge < -0.3 is 10.1 Å². The molecule has 2 aliphatic rings. The molecule has 1 amide bonds. The lowest BCUT2D eigenvalue weighted by molar-refractivity contribution is -0.127. The average molecular weight is 341 g/mol. The molecule has 2 atom stereocenters. The lowest BCUT2D eigenvalue weighted by Crippen LogP contribution is -2.63. The van der Waals surface area contributed by atoms with Gasteiger partial charge in [-0.25, -0.2) is 14.6 Å². The van der Waals surface area contributed by atoms with Crippen molar-refractivity contribution in [2.75, 3.05) is 6.61 Å². The van der Waals surface area contributed by atoms with E-state index in [-0.39, 0.29) is 23.5 Å². The fourth-order valence-corrected chi connectivity index (χ4v) is 4.34. The van der Waals surface area contributed by atoms with E-state index < -0.39 is 0 Å². The summed E-state index contributed by atoms with van der Waals surface area (Å²) in [5, 5.41) is 7.29. The summed E-state index contributed by atoms with van der Waals surface area (Å²) in [6.45, 7) is 2.77. The number of aromatic nitrogens is 4. The molecule has 2 aliphatic carbocycles. The molecule has 1 N–H and O–H groups in total. The normalized spacial score (nSPS) is 24.2. The second-order valence-electron chi connectivity index (χ2n) is 6.89. The van der Waals surface area contributed by atoms with E-state index in [1.54, 1.807) is 29.3 Å². The van der Waals surface area contributed by atoms with E-state index in [4.69, 9.17) is 4.74 Å². The minimum Gasteiger partial charge on any atom is -0.378 e. The Morgan fingerprint density at radius 1 is 1.44 bits per heavy atom. The molecule has 4 rings (SSSR count). The first-order valence-corrected chi connectivity index (χ1v) is 8.96. The van der Waals surface area contributed by atoms with Crippen molar-refractivity contribution in [1.82, 2.24) is 25.1 Å². The van der Waals surface area contributed by atoms with Crippen molar-refractivity contribution in [3.05, 3.63) is 36.5 Å². The van der Waals surface area contributed by atoms with Gasteiger partial charge in [0.05, 0.1) is 6.10 Å². The summed E-state index contributed by atoms with van der Waals surface area (Å²) < 4.78 is 7.47. The average Bonchev–Trinajstić information content (AvgIpc) is 3.33. The fraction of sp³-hybridized carbons (Fsp3) is 0.556. The van der Waals surface area contributed by atoms with Crippen molar-refractivity contribution in [1.29, 1.82) is 0 Å². The third kappa shape index (κ3) is 2.82. The Morgan fingerprint density at radius 2 is 2.28 bits per heavy atom. The predicted molar refractivity (Wildman–Crippen MR) is 91.3 cm³/mol. The van der Waals surface area contributed by atoms with Crippen LogP contribution in [0, 0.1) is 5.41 Å². The number of amides is 1. The van der Waals surface area contributed by atoms with E-state index in [2.05, 4.69) is 20.4 Å². The Balaban J connectivity index is 1.48. The lowest BCUT2D eigenvalue weighted by Gasteiger charge is -2.54. The smallest absolute Gasteiger partial charge is 0.251 e. The van der Waals surface area contributed by atoms with E-state index in [0.29, 0.717) is 11.4 Å². The third-order valence-electron chi connectivity index (χ3n) is 5.65. The van der Waals surface area contributed by atoms with Gasteiger partial charge in [0.25, 0.3) is 5.91 Å². The molecule has 0 aromatic carbocycles. The summed E-state index contributed by atoms with van der Waals surface area (Å²) in [6, 6.07) is 3.67. The van der Waals surface area contributed by atoms with Gasteiger partial charge in [0.1, 0.15) is 12.7 Å². The first-order chi connectivity index (χ1) is 12.2. The molecule has 2 saturated carbocycles. The quantitative estimate of drug-likeness (QED) is 0.901. The van der Waals surface area contributed by atoms with Crippen LogP contribution < -0.4 is 5.32 Å². The van der Waals surface area contributed by atoms with E-state index in [0.717, 1.165) is 25.9 Å². The largest absolute Gasteiger partial charge is 0.378 e. The maximum Gasteiger partial charge on any atom is 0.251 e. The molecule has 0 bridgehead atoms. The summed E-state index contributed by atoms with van der Waals surface area (Å²) in [5.74, 6) is 0.525. The summed E-state index contributed by atoms with van der Waals surface area (Å²) in [5.41, 5.74) is 0.724. The molecule has 0 radical (unpaired) electrons. The van der Waals surface area contributed by atoms with Crippen LogP contribution in [-0.2, 0) is 4.74 Å². The number of nitrogens with zero attached hydrogens (tertiary/aromatic N) is 4. The molecule has 2 fully saturated rings. The highest BCUT2D eigenvalue weighted by Crippen LogP contribution is 2.54. The first-order valence-electron chi connectivity index (χ1n) is 8.96. The van der Waals surface area contributed by atoms with Gasteiger partial charge in [-0.3, -0.25) is 4.79 Å². The van der Waals surface area contributed by atoms with Crippen molar-refractivity contribution in [2.24, 2.45) is 5.41 Å². The molecule has 0 aliphatic heterocycles. The van der Waals surface area contributed by atoms with Gasteiger partial charge in [-0.2, -0.15) is 5.10 Å². The summed E-state index contributed by atoms with van der Waals surface area (Å²) >= 11 is 0. The number of pyridine rings is 1. The molecular weight excluding hydrogens is 318 g/mol. The fourth-order valence-electron chi connectivity index (χ4n) is 4.34. The zero-order valence-electron chi connectivity index (χ0n) is 14.4. The van der Waals surface area contributed by atoms with Crippen LogP contribution in [0.1, 0.15) is 49.4 Å². The monoisotopic (exact) mass is 341 g/mol. The van der Waals surface area contributed by atoms with E-state index in [9.17, 15) is 4.79 Å². The van der Waals surface area contributed by atoms with Crippen molar-refractivity contribution in [3.8, 4) is 5.82 Å². The summed E-state index contributed by atoms with van der Waals surface area (Å²) in [4.78, 5) is 20.9. The van der Waals surface area contributed by atoms with Crippen LogP contribution in [-0.4, -0.2) is 44.4 Å². The van der Waals surface area contributed by atoms with Gasteiger partial charge in [0.2, 0.25) is 0 Å². The Labute approximate surface area is 146 Å². The number of hydrogen-bond donors (Lipinski definition) is 1. The van der Waals surface area contributed by atoms with Crippen LogP contribution in [0.5, 0.6) is 0 Å². The highest BCUT2D eigenvalue weighted by atomic mass is 16.5. The first kappa shape index (κ1) is 16.2. The number of ether oxygens (including phenoxy) is 1. The van der Waals surface area contributed by atoms with Crippen molar-refractivity contribution in [3.63, 3.8) is 0 Å². The minimum atomic E-state index is -0.0602. The van der Waals surface area contributed by atoms with Crippen molar-refractivity contribution >= 4 is 5.91 Å². The standard InChI is InChI=1S/C18H23N5O2/c1-2-25-15-10-14(18(15)6-3-4-7-18)22-17(24)13-5-8-20-16(9-13)23-12-19-11-21-23/h5,8-9,11-12,14-15H,2-4,6-7,10H2,1H3,(H,22,24)/t14-,15-/m1/s1. The van der Waals surface area contributed by atoms with Crippen LogP contribution in [0.25, 0.3) is 5.82 Å². The van der Waals surface area contributed by atoms with E-state index in [1.807, 2.05) is 6.92 Å². The molecule has 2 aromatic rings. The molecule has 1 spiro atoms. The Morgan fingerprint density at radius 3 is 3.00 bits per heavy atom. The molecule has 0 unspecified atom stereocenters. The van der Waals surface area contributed by atoms with E-state index >= 15 is 0 Å². The van der Waals surface area contributed by atoms with Gasteiger partial charge in [-0.15, -0.1) is 0 Å². The Kier molecular flexibility index (Phi) is 4.25. The minimum absolute atomic E-state index is 0.0602. The Bertz CT molecular complexity index is 740. The lowest BCUT2D eigenvalue weighted by atomic mass is 9.60. The van der Waals surface area contributed by atoms with Crippen molar-refractivity contribution in [2.45, 2.75) is 51.2 Å². The van der Waals surface area contributed by atoms with Crippen LogP contribution in [0.3, 0.4) is 0 Å². The van der Waals surface area contributed by atoms with Gasteiger partial charge >= 0.3 is 0 Å². The number of hydrogen-bond acceptors (Lipinski definition) is 5. The molecule has 132 valence electrons. The Hall–Kier alpha value is -2.28. The maximum absolute atomic E-state index is 12.7. The summed E-state index contributed by atoms with van der Waals surface area (Å²) in [6.07, 6.45) is 10.6. The number of nitrogens with one attached hydrogen (secondary N) is 1. The zero-order valence-corrected chi connectivity index (χ0v) is 14.4. The topological polar surface area (TPSA) is 81.9 Å². The van der Waals surface area contributed by atoms with Crippen LogP contribution in [0.2, 0.25) is 0 Å². The zero-order chi connectivity index (χ0) is 17.3. The highest BCUT2D eigenvalue weighted by molar-refractivity contribution is 5.94. The molecule has 25 heavy (non-hydrogen) atoms. The third-order valence-corrected chi connectivity index (χ3v) is 5.65. The predicted octanol–water partition coefficient (Wildman–Crippen LogP) is 2.13. The van der Waals surface area contributed by atoms with Gasteiger partial charge in [-0.05, 0) is 38.3 Å². The van der Waals surface area contributed by atoms with E-state index in [1.165, 1.54) is 19.2 Å². The molecule has 0 saturated heterocycles. The molecule has 7 nitrogen and oxygen atoms in total.